The highest BCUT2D eigenvalue weighted by molar-refractivity contribution is 6.03. The minimum absolute atomic E-state index is 0.156. The molecule has 2 amide bonds. The first-order chi connectivity index (χ1) is 16.0. The minimum Gasteiger partial charge on any atom is -0.385 e. The molecule has 6 heteroatoms. The normalized spacial score (nSPS) is 10.7. The SMILES string of the molecule is COCCCNC(=O)c1cc(NC(=O)C(c2ccccc2)c2ccccc2)ccc1N(C)C. The van der Waals surface area contributed by atoms with Crippen LogP contribution in [0.5, 0.6) is 0 Å². The van der Waals surface area contributed by atoms with Crippen LogP contribution in [0.1, 0.15) is 33.8 Å². The van der Waals surface area contributed by atoms with Gasteiger partial charge in [-0.05, 0) is 35.7 Å². The van der Waals surface area contributed by atoms with Crippen molar-refractivity contribution in [2.45, 2.75) is 12.3 Å². The molecule has 0 bridgehead atoms. The molecule has 33 heavy (non-hydrogen) atoms. The van der Waals surface area contributed by atoms with Gasteiger partial charge in [-0.25, -0.2) is 0 Å². The zero-order chi connectivity index (χ0) is 23.6. The van der Waals surface area contributed by atoms with Crippen LogP contribution in [0, 0.1) is 0 Å². The van der Waals surface area contributed by atoms with Crippen LogP contribution in [0.25, 0.3) is 0 Å². The van der Waals surface area contributed by atoms with E-state index in [2.05, 4.69) is 10.6 Å². The number of rotatable bonds is 10. The van der Waals surface area contributed by atoms with Crippen molar-refractivity contribution in [1.29, 1.82) is 0 Å². The lowest BCUT2D eigenvalue weighted by Crippen LogP contribution is -2.28. The van der Waals surface area contributed by atoms with Crippen molar-refractivity contribution in [2.75, 3.05) is 44.6 Å². The number of carbonyl (C=O) groups excluding carboxylic acids is 2. The van der Waals surface area contributed by atoms with E-state index in [0.717, 1.165) is 23.2 Å². The number of amides is 2. The van der Waals surface area contributed by atoms with Gasteiger partial charge in [-0.1, -0.05) is 60.7 Å². The summed E-state index contributed by atoms with van der Waals surface area (Å²) < 4.78 is 5.04. The standard InChI is InChI=1S/C27H31N3O3/c1-30(2)24-16-15-22(19-23(24)26(31)28-17-10-18-33-3)29-27(32)25(20-11-6-4-7-12-20)21-13-8-5-9-14-21/h4-9,11-16,19,25H,10,17-18H2,1-3H3,(H,28,31)(H,29,32). The molecule has 0 saturated carbocycles. The van der Waals surface area contributed by atoms with Gasteiger partial charge in [0, 0.05) is 45.7 Å². The molecule has 0 spiro atoms. The monoisotopic (exact) mass is 445 g/mol. The number of nitrogens with one attached hydrogen (secondary N) is 2. The van der Waals surface area contributed by atoms with E-state index in [1.165, 1.54) is 0 Å². The number of ether oxygens (including phenoxy) is 1. The van der Waals surface area contributed by atoms with Gasteiger partial charge in [0.25, 0.3) is 5.91 Å². The van der Waals surface area contributed by atoms with Crippen LogP contribution in [-0.4, -0.2) is 46.2 Å². The van der Waals surface area contributed by atoms with Crippen LogP contribution in [0.2, 0.25) is 0 Å². The maximum absolute atomic E-state index is 13.4. The predicted octanol–water partition coefficient (Wildman–Crippen LogP) is 4.29. The summed E-state index contributed by atoms with van der Waals surface area (Å²) in [7, 11) is 5.41. The Kier molecular flexibility index (Phi) is 8.61. The van der Waals surface area contributed by atoms with Crippen LogP contribution in [0.3, 0.4) is 0 Å². The van der Waals surface area contributed by atoms with Crippen LogP contribution in [-0.2, 0) is 9.53 Å². The van der Waals surface area contributed by atoms with Gasteiger partial charge < -0.3 is 20.3 Å². The number of carbonyl (C=O) groups is 2. The lowest BCUT2D eigenvalue weighted by atomic mass is 9.90. The van der Waals surface area contributed by atoms with Gasteiger partial charge >= 0.3 is 0 Å². The fourth-order valence-corrected chi connectivity index (χ4v) is 3.70. The summed E-state index contributed by atoms with van der Waals surface area (Å²) >= 11 is 0. The molecule has 3 aromatic rings. The molecule has 0 saturated heterocycles. The highest BCUT2D eigenvalue weighted by atomic mass is 16.5. The van der Waals surface area contributed by atoms with E-state index in [9.17, 15) is 9.59 Å². The molecule has 6 nitrogen and oxygen atoms in total. The molecule has 0 atom stereocenters. The number of anilines is 2. The highest BCUT2D eigenvalue weighted by Gasteiger charge is 2.23. The topological polar surface area (TPSA) is 70.7 Å². The molecule has 0 aromatic heterocycles. The smallest absolute Gasteiger partial charge is 0.253 e. The van der Waals surface area contributed by atoms with Crippen molar-refractivity contribution in [3.8, 4) is 0 Å². The third-order valence-corrected chi connectivity index (χ3v) is 5.33. The van der Waals surface area contributed by atoms with Crippen LogP contribution in [0.15, 0.2) is 78.9 Å². The van der Waals surface area contributed by atoms with Gasteiger partial charge in [-0.2, -0.15) is 0 Å². The zero-order valence-corrected chi connectivity index (χ0v) is 19.4. The average Bonchev–Trinajstić information content (AvgIpc) is 2.83. The molecule has 3 rings (SSSR count). The summed E-state index contributed by atoms with van der Waals surface area (Å²) in [4.78, 5) is 28.2. The molecule has 172 valence electrons. The molecule has 0 fully saturated rings. The Labute approximate surface area is 195 Å². The Morgan fingerprint density at radius 2 is 1.52 bits per heavy atom. The number of methoxy groups -OCH3 is 1. The molecule has 0 aliphatic heterocycles. The first kappa shape index (κ1) is 24.0. The quantitative estimate of drug-likeness (QED) is 0.457. The summed E-state index contributed by atoms with van der Waals surface area (Å²) in [5.74, 6) is -0.808. The molecule has 0 heterocycles. The van der Waals surface area contributed by atoms with E-state index in [0.29, 0.717) is 24.4 Å². The summed E-state index contributed by atoms with van der Waals surface area (Å²) in [6, 6.07) is 24.8. The Hall–Kier alpha value is -3.64. The van der Waals surface area contributed by atoms with Gasteiger partial charge in [-0.3, -0.25) is 9.59 Å². The Morgan fingerprint density at radius 1 is 0.909 bits per heavy atom. The number of hydrogen-bond acceptors (Lipinski definition) is 4. The van der Waals surface area contributed by atoms with Gasteiger partial charge in [0.2, 0.25) is 5.91 Å². The van der Waals surface area contributed by atoms with Crippen molar-refractivity contribution < 1.29 is 14.3 Å². The second-order valence-electron chi connectivity index (χ2n) is 7.97. The van der Waals surface area contributed by atoms with E-state index >= 15 is 0 Å². The summed E-state index contributed by atoms with van der Waals surface area (Å²) in [6.07, 6.45) is 0.728. The maximum Gasteiger partial charge on any atom is 0.253 e. The molecular weight excluding hydrogens is 414 g/mol. The third kappa shape index (κ3) is 6.43. The molecule has 0 aliphatic rings. The highest BCUT2D eigenvalue weighted by Crippen LogP contribution is 2.28. The first-order valence-electron chi connectivity index (χ1n) is 11.0. The lowest BCUT2D eigenvalue weighted by molar-refractivity contribution is -0.116. The van der Waals surface area contributed by atoms with Crippen LogP contribution in [0.4, 0.5) is 11.4 Å². The molecular formula is C27H31N3O3. The second kappa shape index (κ2) is 11.8. The van der Waals surface area contributed by atoms with Crippen molar-refractivity contribution in [1.82, 2.24) is 5.32 Å². The fraction of sp³-hybridized carbons (Fsp3) is 0.259. The molecule has 3 aromatic carbocycles. The number of nitrogens with zero attached hydrogens (tertiary/aromatic N) is 1. The van der Waals surface area contributed by atoms with E-state index < -0.39 is 5.92 Å². The van der Waals surface area contributed by atoms with E-state index in [1.807, 2.05) is 91.8 Å². The van der Waals surface area contributed by atoms with Crippen LogP contribution >= 0.6 is 0 Å². The van der Waals surface area contributed by atoms with Crippen molar-refractivity contribution in [3.05, 3.63) is 95.6 Å². The Balaban J connectivity index is 1.86. The molecule has 0 unspecified atom stereocenters. The average molecular weight is 446 g/mol. The van der Waals surface area contributed by atoms with Gasteiger partial charge in [0.05, 0.1) is 11.5 Å². The first-order valence-corrected chi connectivity index (χ1v) is 11.0. The second-order valence-corrected chi connectivity index (χ2v) is 7.97. The van der Waals surface area contributed by atoms with Crippen molar-refractivity contribution in [3.63, 3.8) is 0 Å². The van der Waals surface area contributed by atoms with Gasteiger partial charge in [0.1, 0.15) is 0 Å². The summed E-state index contributed by atoms with van der Waals surface area (Å²) in [6.45, 7) is 1.09. The number of hydrogen-bond donors (Lipinski definition) is 2. The minimum atomic E-state index is -0.466. The lowest BCUT2D eigenvalue weighted by Gasteiger charge is -2.20. The van der Waals surface area contributed by atoms with Crippen molar-refractivity contribution >= 4 is 23.2 Å². The van der Waals surface area contributed by atoms with E-state index in [4.69, 9.17) is 4.74 Å². The Morgan fingerprint density at radius 3 is 2.06 bits per heavy atom. The molecule has 0 radical (unpaired) electrons. The maximum atomic E-state index is 13.4. The largest absolute Gasteiger partial charge is 0.385 e. The van der Waals surface area contributed by atoms with Crippen LogP contribution < -0.4 is 15.5 Å². The van der Waals surface area contributed by atoms with Gasteiger partial charge in [-0.15, -0.1) is 0 Å². The van der Waals surface area contributed by atoms with Gasteiger partial charge in [0.15, 0.2) is 0 Å². The Bertz CT molecular complexity index is 1010. The van der Waals surface area contributed by atoms with Crippen molar-refractivity contribution in [2.24, 2.45) is 0 Å². The molecule has 0 aliphatic carbocycles. The molecule has 2 N–H and O–H groups in total. The predicted molar refractivity (Wildman–Crippen MR) is 133 cm³/mol. The third-order valence-electron chi connectivity index (χ3n) is 5.33. The summed E-state index contributed by atoms with van der Waals surface area (Å²) in [5.41, 5.74) is 3.67. The fourth-order valence-electron chi connectivity index (χ4n) is 3.70. The zero-order valence-electron chi connectivity index (χ0n) is 19.4. The number of benzene rings is 3. The summed E-state index contributed by atoms with van der Waals surface area (Å²) in [5, 5.41) is 5.95. The van der Waals surface area contributed by atoms with E-state index in [1.54, 1.807) is 13.2 Å². The van der Waals surface area contributed by atoms with E-state index in [-0.39, 0.29) is 11.8 Å².